The molecule has 0 amide bonds. The van der Waals surface area contributed by atoms with Crippen LogP contribution in [0.3, 0.4) is 0 Å². The van der Waals surface area contributed by atoms with Crippen LogP contribution in [0.2, 0.25) is 0 Å². The van der Waals surface area contributed by atoms with Crippen molar-refractivity contribution in [2.75, 3.05) is 40.0 Å². The first-order valence-corrected chi connectivity index (χ1v) is 6.12. The van der Waals surface area contributed by atoms with Crippen LogP contribution in [-0.2, 0) is 9.47 Å². The fourth-order valence-electron chi connectivity index (χ4n) is 1.90. The molecule has 0 radical (unpaired) electrons. The van der Waals surface area contributed by atoms with Crippen LogP contribution < -0.4 is 5.73 Å². The molecule has 4 nitrogen and oxygen atoms in total. The van der Waals surface area contributed by atoms with Crippen molar-refractivity contribution in [1.82, 2.24) is 4.90 Å². The fourth-order valence-corrected chi connectivity index (χ4v) is 1.90. The molecular formula is C12H28N2O2. The first kappa shape index (κ1) is 15.8. The lowest BCUT2D eigenvalue weighted by Crippen LogP contribution is -2.59. The van der Waals surface area contributed by atoms with E-state index in [9.17, 15) is 0 Å². The van der Waals surface area contributed by atoms with Crippen LogP contribution in [0, 0.1) is 0 Å². The highest BCUT2D eigenvalue weighted by molar-refractivity contribution is 4.92. The van der Waals surface area contributed by atoms with Crippen molar-refractivity contribution in [2.24, 2.45) is 5.73 Å². The minimum absolute atomic E-state index is 0.110. The maximum absolute atomic E-state index is 5.90. The zero-order chi connectivity index (χ0) is 12.6. The summed E-state index contributed by atoms with van der Waals surface area (Å²) in [6.07, 6.45) is 0.110. The normalized spacial score (nSPS) is 17.4. The second-order valence-electron chi connectivity index (χ2n) is 4.22. The first-order chi connectivity index (χ1) is 7.56. The summed E-state index contributed by atoms with van der Waals surface area (Å²) in [5, 5.41) is 0. The Labute approximate surface area is 100 Å². The van der Waals surface area contributed by atoms with E-state index in [2.05, 4.69) is 25.7 Å². The van der Waals surface area contributed by atoms with Gasteiger partial charge in [-0.1, -0.05) is 6.92 Å². The van der Waals surface area contributed by atoms with Crippen LogP contribution in [-0.4, -0.2) is 56.5 Å². The van der Waals surface area contributed by atoms with Crippen LogP contribution in [0.4, 0.5) is 0 Å². The molecule has 0 saturated carbocycles. The average Bonchev–Trinajstić information content (AvgIpc) is 2.32. The lowest BCUT2D eigenvalue weighted by Gasteiger charge is -2.43. The summed E-state index contributed by atoms with van der Waals surface area (Å²) in [5.41, 5.74) is 5.78. The summed E-state index contributed by atoms with van der Waals surface area (Å²) >= 11 is 0. The molecule has 0 bridgehead atoms. The van der Waals surface area contributed by atoms with E-state index in [1.165, 1.54) is 0 Å². The molecular weight excluding hydrogens is 204 g/mol. The molecule has 0 aliphatic heterocycles. The van der Waals surface area contributed by atoms with Gasteiger partial charge in [-0.05, 0) is 27.3 Å². The molecule has 0 aliphatic carbocycles. The van der Waals surface area contributed by atoms with Crippen LogP contribution in [0.15, 0.2) is 0 Å². The Bertz CT molecular complexity index is 178. The molecule has 0 rings (SSSR count). The van der Waals surface area contributed by atoms with Gasteiger partial charge in [-0.15, -0.1) is 0 Å². The molecule has 0 fully saturated rings. The maximum Gasteiger partial charge on any atom is 0.0736 e. The monoisotopic (exact) mass is 232 g/mol. The van der Waals surface area contributed by atoms with Crippen LogP contribution >= 0.6 is 0 Å². The van der Waals surface area contributed by atoms with Crippen molar-refractivity contribution in [1.29, 1.82) is 0 Å². The minimum atomic E-state index is -0.124. The van der Waals surface area contributed by atoms with Gasteiger partial charge < -0.3 is 15.2 Å². The largest absolute Gasteiger partial charge is 0.380 e. The summed E-state index contributed by atoms with van der Waals surface area (Å²) < 4.78 is 10.8. The van der Waals surface area contributed by atoms with Crippen molar-refractivity contribution in [3.63, 3.8) is 0 Å². The summed E-state index contributed by atoms with van der Waals surface area (Å²) in [4.78, 5) is 2.33. The number of hydrogen-bond acceptors (Lipinski definition) is 4. The summed E-state index contributed by atoms with van der Waals surface area (Å²) in [7, 11) is 1.73. The van der Waals surface area contributed by atoms with E-state index in [1.807, 2.05) is 6.92 Å². The maximum atomic E-state index is 5.90. The topological polar surface area (TPSA) is 47.7 Å². The molecule has 0 aliphatic rings. The molecule has 0 aromatic rings. The molecule has 4 heteroatoms. The summed E-state index contributed by atoms with van der Waals surface area (Å²) in [6, 6.07) is 0. The quantitative estimate of drug-likeness (QED) is 0.605. The molecule has 2 unspecified atom stereocenters. The highest BCUT2D eigenvalue weighted by atomic mass is 16.5. The third-order valence-electron chi connectivity index (χ3n) is 3.46. The van der Waals surface area contributed by atoms with Gasteiger partial charge in [0.1, 0.15) is 0 Å². The highest BCUT2D eigenvalue weighted by Gasteiger charge is 2.35. The molecule has 0 aromatic heterocycles. The summed E-state index contributed by atoms with van der Waals surface area (Å²) in [6.45, 7) is 12.3. The Hall–Kier alpha value is -0.160. The molecule has 98 valence electrons. The van der Waals surface area contributed by atoms with E-state index in [0.717, 1.165) is 26.3 Å². The standard InChI is InChI=1S/C12H28N2O2/c1-6-14(8-9-16-7-2)12(4,10-13)11(3)15-5/h11H,6-10,13H2,1-5H3. The van der Waals surface area contributed by atoms with E-state index in [0.29, 0.717) is 6.54 Å². The number of methoxy groups -OCH3 is 1. The van der Waals surface area contributed by atoms with Crippen molar-refractivity contribution in [3.8, 4) is 0 Å². The SMILES string of the molecule is CCOCCN(CC)C(C)(CN)C(C)OC. The van der Waals surface area contributed by atoms with E-state index < -0.39 is 0 Å². The van der Waals surface area contributed by atoms with Crippen molar-refractivity contribution >= 4 is 0 Å². The van der Waals surface area contributed by atoms with Gasteiger partial charge in [0.2, 0.25) is 0 Å². The van der Waals surface area contributed by atoms with Crippen LogP contribution in [0.25, 0.3) is 0 Å². The molecule has 2 N–H and O–H groups in total. The smallest absolute Gasteiger partial charge is 0.0736 e. The Morgan fingerprint density at radius 1 is 1.38 bits per heavy atom. The Morgan fingerprint density at radius 3 is 2.38 bits per heavy atom. The minimum Gasteiger partial charge on any atom is -0.380 e. The zero-order valence-corrected chi connectivity index (χ0v) is 11.5. The van der Waals surface area contributed by atoms with Gasteiger partial charge in [0, 0.05) is 26.8 Å². The third kappa shape index (κ3) is 4.01. The van der Waals surface area contributed by atoms with Gasteiger partial charge in [-0.25, -0.2) is 0 Å². The molecule has 0 heterocycles. The second-order valence-corrected chi connectivity index (χ2v) is 4.22. The molecule has 0 aromatic carbocycles. The number of nitrogens with two attached hydrogens (primary N) is 1. The predicted molar refractivity (Wildman–Crippen MR) is 67.7 cm³/mol. The second kappa shape index (κ2) is 8.01. The van der Waals surface area contributed by atoms with Gasteiger partial charge in [0.05, 0.1) is 18.2 Å². The van der Waals surface area contributed by atoms with E-state index in [4.69, 9.17) is 15.2 Å². The van der Waals surface area contributed by atoms with Gasteiger partial charge in [-0.2, -0.15) is 0 Å². The third-order valence-corrected chi connectivity index (χ3v) is 3.46. The number of rotatable bonds is 9. The molecule has 0 saturated heterocycles. The van der Waals surface area contributed by atoms with Gasteiger partial charge >= 0.3 is 0 Å². The molecule has 0 spiro atoms. The lowest BCUT2D eigenvalue weighted by atomic mass is 9.93. The van der Waals surface area contributed by atoms with E-state index >= 15 is 0 Å². The first-order valence-electron chi connectivity index (χ1n) is 6.12. The van der Waals surface area contributed by atoms with Crippen molar-refractivity contribution < 1.29 is 9.47 Å². The van der Waals surface area contributed by atoms with Crippen molar-refractivity contribution in [3.05, 3.63) is 0 Å². The van der Waals surface area contributed by atoms with Crippen LogP contribution in [0.5, 0.6) is 0 Å². The van der Waals surface area contributed by atoms with Crippen LogP contribution in [0.1, 0.15) is 27.7 Å². The predicted octanol–water partition coefficient (Wildman–Crippen LogP) is 1.10. The number of ether oxygens (including phenoxy) is 2. The van der Waals surface area contributed by atoms with E-state index in [1.54, 1.807) is 7.11 Å². The molecule has 2 atom stereocenters. The van der Waals surface area contributed by atoms with Gasteiger partial charge in [0.15, 0.2) is 0 Å². The van der Waals surface area contributed by atoms with Crippen molar-refractivity contribution in [2.45, 2.75) is 39.3 Å². The molecule has 16 heavy (non-hydrogen) atoms. The Kier molecular flexibility index (Phi) is 7.93. The number of hydrogen-bond donors (Lipinski definition) is 1. The highest BCUT2D eigenvalue weighted by Crippen LogP contribution is 2.20. The Morgan fingerprint density at radius 2 is 2.00 bits per heavy atom. The Balaban J connectivity index is 4.47. The van der Waals surface area contributed by atoms with Gasteiger partial charge in [0.25, 0.3) is 0 Å². The fraction of sp³-hybridized carbons (Fsp3) is 1.00. The van der Waals surface area contributed by atoms with E-state index in [-0.39, 0.29) is 11.6 Å². The summed E-state index contributed by atoms with van der Waals surface area (Å²) in [5.74, 6) is 0. The average molecular weight is 232 g/mol. The van der Waals surface area contributed by atoms with Gasteiger partial charge in [-0.3, -0.25) is 4.90 Å². The number of likely N-dealkylation sites (N-methyl/N-ethyl adjacent to an activating group) is 1. The zero-order valence-electron chi connectivity index (χ0n) is 11.5. The lowest BCUT2D eigenvalue weighted by molar-refractivity contribution is -0.0387. The number of nitrogens with zero attached hydrogens (tertiary/aromatic N) is 1.